The van der Waals surface area contributed by atoms with Crippen LogP contribution in [0.4, 0.5) is 17.5 Å². The standard InChI is InChI=1S/C18H17BrN4O/c1-24-16-9-5-2-6-13(16)12-21-18-20-11-10-17(23-18)22-15-8-4-3-7-14(15)19/h2-11H,12H2,1H3,(H2,20,21,22,23). The maximum atomic E-state index is 5.35. The summed E-state index contributed by atoms with van der Waals surface area (Å²) in [6.45, 7) is 0.586. The normalized spacial score (nSPS) is 10.2. The Balaban J connectivity index is 1.70. The molecule has 5 nitrogen and oxygen atoms in total. The van der Waals surface area contributed by atoms with Crippen LogP contribution in [0, 0.1) is 0 Å². The van der Waals surface area contributed by atoms with Gasteiger partial charge in [0, 0.05) is 22.8 Å². The fourth-order valence-electron chi connectivity index (χ4n) is 2.24. The second kappa shape index (κ2) is 7.79. The van der Waals surface area contributed by atoms with E-state index in [1.54, 1.807) is 13.3 Å². The fourth-order valence-corrected chi connectivity index (χ4v) is 2.62. The summed E-state index contributed by atoms with van der Waals surface area (Å²) in [5.41, 5.74) is 2.00. The Morgan fingerprint density at radius 2 is 1.83 bits per heavy atom. The van der Waals surface area contributed by atoms with Crippen LogP contribution in [0.5, 0.6) is 5.75 Å². The molecule has 0 spiro atoms. The van der Waals surface area contributed by atoms with E-state index in [0.717, 1.165) is 27.3 Å². The summed E-state index contributed by atoms with van der Waals surface area (Å²) in [7, 11) is 1.66. The van der Waals surface area contributed by atoms with Crippen molar-refractivity contribution in [3.05, 3.63) is 70.8 Å². The highest BCUT2D eigenvalue weighted by Crippen LogP contribution is 2.24. The van der Waals surface area contributed by atoms with Gasteiger partial charge in [0.2, 0.25) is 5.95 Å². The topological polar surface area (TPSA) is 59.1 Å². The zero-order chi connectivity index (χ0) is 16.8. The third kappa shape index (κ3) is 4.02. The molecule has 2 aromatic carbocycles. The van der Waals surface area contributed by atoms with E-state index < -0.39 is 0 Å². The van der Waals surface area contributed by atoms with Crippen molar-refractivity contribution in [1.82, 2.24) is 9.97 Å². The maximum Gasteiger partial charge on any atom is 0.224 e. The molecule has 6 heteroatoms. The molecule has 1 heterocycles. The smallest absolute Gasteiger partial charge is 0.224 e. The Kier molecular flexibility index (Phi) is 5.28. The molecule has 122 valence electrons. The number of hydrogen-bond donors (Lipinski definition) is 2. The van der Waals surface area contributed by atoms with Crippen LogP contribution in [0.15, 0.2) is 65.3 Å². The molecule has 2 N–H and O–H groups in total. The van der Waals surface area contributed by atoms with E-state index in [9.17, 15) is 0 Å². The molecule has 0 aliphatic carbocycles. The monoisotopic (exact) mass is 384 g/mol. The van der Waals surface area contributed by atoms with Crippen LogP contribution in [-0.2, 0) is 6.54 Å². The Bertz CT molecular complexity index is 825. The summed E-state index contributed by atoms with van der Waals surface area (Å²) >= 11 is 3.51. The van der Waals surface area contributed by atoms with E-state index in [1.165, 1.54) is 0 Å². The molecule has 0 atom stereocenters. The van der Waals surface area contributed by atoms with Gasteiger partial charge in [-0.05, 0) is 40.2 Å². The first-order valence-corrected chi connectivity index (χ1v) is 8.26. The number of nitrogens with one attached hydrogen (secondary N) is 2. The summed E-state index contributed by atoms with van der Waals surface area (Å²) in [5.74, 6) is 2.12. The van der Waals surface area contributed by atoms with Crippen molar-refractivity contribution >= 4 is 33.4 Å². The lowest BCUT2D eigenvalue weighted by molar-refractivity contribution is 0.410. The lowest BCUT2D eigenvalue weighted by atomic mass is 10.2. The van der Waals surface area contributed by atoms with Crippen molar-refractivity contribution in [3.63, 3.8) is 0 Å². The summed E-state index contributed by atoms with van der Waals surface area (Å²) in [5, 5.41) is 6.49. The Labute approximate surface area is 149 Å². The van der Waals surface area contributed by atoms with Crippen molar-refractivity contribution in [2.75, 3.05) is 17.7 Å². The average Bonchev–Trinajstić information content (AvgIpc) is 2.62. The second-order valence-electron chi connectivity index (χ2n) is 5.04. The van der Waals surface area contributed by atoms with E-state index in [0.29, 0.717) is 12.5 Å². The number of rotatable bonds is 6. The summed E-state index contributed by atoms with van der Waals surface area (Å²) in [6, 6.07) is 17.6. The SMILES string of the molecule is COc1ccccc1CNc1nccc(Nc2ccccc2Br)n1. The first kappa shape index (κ1) is 16.3. The molecule has 3 rings (SSSR count). The molecule has 0 fully saturated rings. The van der Waals surface area contributed by atoms with Gasteiger partial charge in [-0.2, -0.15) is 4.98 Å². The van der Waals surface area contributed by atoms with E-state index in [4.69, 9.17) is 4.74 Å². The lowest BCUT2D eigenvalue weighted by Gasteiger charge is -2.11. The number of halogens is 1. The van der Waals surface area contributed by atoms with E-state index in [1.807, 2.05) is 54.6 Å². The van der Waals surface area contributed by atoms with Crippen LogP contribution in [0.3, 0.4) is 0 Å². The quantitative estimate of drug-likeness (QED) is 0.649. The maximum absolute atomic E-state index is 5.35. The van der Waals surface area contributed by atoms with Gasteiger partial charge >= 0.3 is 0 Å². The van der Waals surface area contributed by atoms with Crippen molar-refractivity contribution in [3.8, 4) is 5.75 Å². The van der Waals surface area contributed by atoms with Gasteiger partial charge in [-0.15, -0.1) is 0 Å². The van der Waals surface area contributed by atoms with Crippen molar-refractivity contribution in [1.29, 1.82) is 0 Å². The van der Waals surface area contributed by atoms with Gasteiger partial charge in [0.15, 0.2) is 0 Å². The highest BCUT2D eigenvalue weighted by Gasteiger charge is 2.05. The first-order valence-electron chi connectivity index (χ1n) is 7.46. The molecule has 0 saturated heterocycles. The minimum absolute atomic E-state index is 0.554. The summed E-state index contributed by atoms with van der Waals surface area (Å²) in [4.78, 5) is 8.74. The molecule has 24 heavy (non-hydrogen) atoms. The van der Waals surface area contributed by atoms with E-state index >= 15 is 0 Å². The van der Waals surface area contributed by atoms with Crippen molar-refractivity contribution in [2.45, 2.75) is 6.54 Å². The van der Waals surface area contributed by atoms with Crippen LogP contribution in [-0.4, -0.2) is 17.1 Å². The number of hydrogen-bond acceptors (Lipinski definition) is 5. The number of nitrogens with zero attached hydrogens (tertiary/aromatic N) is 2. The highest BCUT2D eigenvalue weighted by molar-refractivity contribution is 9.10. The number of para-hydroxylation sites is 2. The predicted molar refractivity (Wildman–Crippen MR) is 99.8 cm³/mol. The van der Waals surface area contributed by atoms with Crippen molar-refractivity contribution in [2.24, 2.45) is 0 Å². The van der Waals surface area contributed by atoms with Gasteiger partial charge in [-0.1, -0.05) is 30.3 Å². The van der Waals surface area contributed by atoms with Gasteiger partial charge < -0.3 is 15.4 Å². The van der Waals surface area contributed by atoms with Gasteiger partial charge in [0.25, 0.3) is 0 Å². The molecule has 3 aromatic rings. The molecule has 0 radical (unpaired) electrons. The zero-order valence-electron chi connectivity index (χ0n) is 13.2. The highest BCUT2D eigenvalue weighted by atomic mass is 79.9. The van der Waals surface area contributed by atoms with E-state index in [-0.39, 0.29) is 0 Å². The number of benzene rings is 2. The van der Waals surface area contributed by atoms with Gasteiger partial charge in [0.1, 0.15) is 11.6 Å². The Morgan fingerprint density at radius 3 is 2.67 bits per heavy atom. The number of methoxy groups -OCH3 is 1. The van der Waals surface area contributed by atoms with Crippen LogP contribution in [0.2, 0.25) is 0 Å². The lowest BCUT2D eigenvalue weighted by Crippen LogP contribution is -2.06. The molecule has 0 unspecified atom stereocenters. The molecule has 0 saturated carbocycles. The molecule has 0 bridgehead atoms. The Hall–Kier alpha value is -2.60. The summed E-state index contributed by atoms with van der Waals surface area (Å²) in [6.07, 6.45) is 1.72. The average molecular weight is 385 g/mol. The zero-order valence-corrected chi connectivity index (χ0v) is 14.7. The third-order valence-electron chi connectivity index (χ3n) is 3.42. The second-order valence-corrected chi connectivity index (χ2v) is 5.89. The van der Waals surface area contributed by atoms with Crippen LogP contribution >= 0.6 is 15.9 Å². The molecule has 0 amide bonds. The van der Waals surface area contributed by atoms with Gasteiger partial charge in [-0.3, -0.25) is 0 Å². The largest absolute Gasteiger partial charge is 0.496 e. The number of anilines is 3. The van der Waals surface area contributed by atoms with Crippen LogP contribution in [0.1, 0.15) is 5.56 Å². The predicted octanol–water partition coefficient (Wildman–Crippen LogP) is 4.60. The van der Waals surface area contributed by atoms with Gasteiger partial charge in [0.05, 0.1) is 12.8 Å². The third-order valence-corrected chi connectivity index (χ3v) is 4.11. The van der Waals surface area contributed by atoms with Crippen LogP contribution < -0.4 is 15.4 Å². The number of aromatic nitrogens is 2. The molecular weight excluding hydrogens is 368 g/mol. The van der Waals surface area contributed by atoms with Crippen LogP contribution in [0.25, 0.3) is 0 Å². The Morgan fingerprint density at radius 1 is 1.04 bits per heavy atom. The molecule has 0 aliphatic rings. The molecule has 1 aromatic heterocycles. The first-order chi connectivity index (χ1) is 11.8. The minimum Gasteiger partial charge on any atom is -0.496 e. The van der Waals surface area contributed by atoms with Crippen molar-refractivity contribution < 1.29 is 4.74 Å². The molecule has 0 aliphatic heterocycles. The molecular formula is C18H17BrN4O. The minimum atomic E-state index is 0.554. The summed E-state index contributed by atoms with van der Waals surface area (Å²) < 4.78 is 6.33. The van der Waals surface area contributed by atoms with Gasteiger partial charge in [-0.25, -0.2) is 4.98 Å². The fraction of sp³-hybridized carbons (Fsp3) is 0.111. The van der Waals surface area contributed by atoms with E-state index in [2.05, 4.69) is 36.5 Å². The number of ether oxygens (including phenoxy) is 1.